The predicted molar refractivity (Wildman–Crippen MR) is 114 cm³/mol. The van der Waals surface area contributed by atoms with Crippen LogP contribution in [0, 0.1) is 0 Å². The topological polar surface area (TPSA) is 107 Å². The minimum atomic E-state index is -0.537. The highest BCUT2D eigenvalue weighted by Gasteiger charge is 2.27. The highest BCUT2D eigenvalue weighted by Crippen LogP contribution is 2.39. The molecule has 0 atom stereocenters. The molecule has 1 aliphatic carbocycles. The third kappa shape index (κ3) is 3.44. The van der Waals surface area contributed by atoms with Gasteiger partial charge in [0, 0.05) is 16.8 Å². The van der Waals surface area contributed by atoms with Gasteiger partial charge in [0.15, 0.2) is 5.69 Å². The quantitative estimate of drug-likeness (QED) is 0.651. The first-order valence-electron chi connectivity index (χ1n) is 9.76. The van der Waals surface area contributed by atoms with E-state index < -0.39 is 11.8 Å². The summed E-state index contributed by atoms with van der Waals surface area (Å²) in [6.07, 6.45) is 4.37. The van der Waals surface area contributed by atoms with E-state index >= 15 is 0 Å². The molecular formula is C21H22N4O3S. The Balaban J connectivity index is 1.77. The highest BCUT2D eigenvalue weighted by molar-refractivity contribution is 7.17. The lowest BCUT2D eigenvalue weighted by molar-refractivity contribution is 0.100. The van der Waals surface area contributed by atoms with Crippen LogP contribution in [0.2, 0.25) is 0 Å². The summed E-state index contributed by atoms with van der Waals surface area (Å²) in [4.78, 5) is 39.0. The lowest BCUT2D eigenvalue weighted by Crippen LogP contribution is -2.28. The molecule has 7 nitrogen and oxygen atoms in total. The summed E-state index contributed by atoms with van der Waals surface area (Å²) in [7, 11) is 0. The zero-order valence-corrected chi connectivity index (χ0v) is 17.0. The summed E-state index contributed by atoms with van der Waals surface area (Å²) in [6.45, 7) is 2.47. The smallest absolute Gasteiger partial charge is 0.277 e. The molecule has 3 aromatic rings. The molecule has 2 aromatic heterocycles. The summed E-state index contributed by atoms with van der Waals surface area (Å²) in [5.74, 6) is -0.987. The number of carbonyl (C=O) groups excluding carboxylic acids is 2. The van der Waals surface area contributed by atoms with Crippen LogP contribution in [0.15, 0.2) is 29.1 Å². The van der Waals surface area contributed by atoms with Gasteiger partial charge in [0.2, 0.25) is 0 Å². The molecule has 0 spiro atoms. The van der Waals surface area contributed by atoms with Crippen molar-refractivity contribution in [3.63, 3.8) is 0 Å². The summed E-state index contributed by atoms with van der Waals surface area (Å²) in [5.41, 5.74) is 6.90. The molecule has 150 valence electrons. The predicted octanol–water partition coefficient (Wildman–Crippen LogP) is 3.10. The zero-order valence-electron chi connectivity index (χ0n) is 16.2. The van der Waals surface area contributed by atoms with Crippen molar-refractivity contribution in [3.8, 4) is 0 Å². The van der Waals surface area contributed by atoms with Gasteiger partial charge in [-0.15, -0.1) is 11.3 Å². The first kappa shape index (κ1) is 19.3. The maximum atomic E-state index is 13.1. The molecule has 0 radical (unpaired) electrons. The molecule has 0 saturated heterocycles. The Morgan fingerprint density at radius 1 is 1.24 bits per heavy atom. The molecule has 0 aliphatic heterocycles. The average Bonchev–Trinajstić information content (AvgIpc) is 3.28. The van der Waals surface area contributed by atoms with Crippen LogP contribution in [0.1, 0.15) is 57.5 Å². The molecule has 0 bridgehead atoms. The van der Waals surface area contributed by atoms with Gasteiger partial charge in [0.1, 0.15) is 5.00 Å². The van der Waals surface area contributed by atoms with Crippen LogP contribution < -0.4 is 16.6 Å². The fourth-order valence-electron chi connectivity index (χ4n) is 3.78. The van der Waals surface area contributed by atoms with Crippen molar-refractivity contribution in [1.82, 2.24) is 9.78 Å². The highest BCUT2D eigenvalue weighted by atomic mass is 32.1. The second kappa shape index (κ2) is 7.79. The average molecular weight is 410 g/mol. The Kier molecular flexibility index (Phi) is 5.19. The number of thiophene rings is 1. The van der Waals surface area contributed by atoms with Gasteiger partial charge in [-0.2, -0.15) is 5.10 Å². The number of anilines is 1. The summed E-state index contributed by atoms with van der Waals surface area (Å²) in [5, 5.41) is 8.59. The van der Waals surface area contributed by atoms with Gasteiger partial charge in [-0.1, -0.05) is 31.5 Å². The standard InChI is InChI=1S/C21H22N4O3S/c1-2-3-11-25-21(28)13-8-5-4-7-12(13)17(24-25)19(27)23-20-16(18(22)26)14-9-6-10-15(14)29-20/h4-5,7-8H,2-3,6,9-11H2,1H3,(H2,22,26)(H,23,27). The van der Waals surface area contributed by atoms with Gasteiger partial charge in [-0.05, 0) is 37.3 Å². The summed E-state index contributed by atoms with van der Waals surface area (Å²) < 4.78 is 1.35. The van der Waals surface area contributed by atoms with E-state index in [1.807, 2.05) is 6.92 Å². The van der Waals surface area contributed by atoms with E-state index in [4.69, 9.17) is 5.73 Å². The van der Waals surface area contributed by atoms with E-state index in [0.29, 0.717) is 27.9 Å². The minimum absolute atomic E-state index is 0.167. The van der Waals surface area contributed by atoms with E-state index in [2.05, 4.69) is 10.4 Å². The number of rotatable bonds is 6. The van der Waals surface area contributed by atoms with Crippen molar-refractivity contribution in [1.29, 1.82) is 0 Å². The maximum absolute atomic E-state index is 13.1. The van der Waals surface area contributed by atoms with E-state index in [1.165, 1.54) is 16.0 Å². The number of nitrogens with one attached hydrogen (secondary N) is 1. The molecule has 2 amide bonds. The Hall–Kier alpha value is -3.00. The maximum Gasteiger partial charge on any atom is 0.277 e. The van der Waals surface area contributed by atoms with E-state index in [9.17, 15) is 14.4 Å². The number of unbranched alkanes of at least 4 members (excludes halogenated alkanes) is 1. The van der Waals surface area contributed by atoms with E-state index in [1.54, 1.807) is 24.3 Å². The van der Waals surface area contributed by atoms with Gasteiger partial charge in [-0.25, -0.2) is 4.68 Å². The molecule has 1 aromatic carbocycles. The van der Waals surface area contributed by atoms with Gasteiger partial charge >= 0.3 is 0 Å². The van der Waals surface area contributed by atoms with Gasteiger partial charge < -0.3 is 11.1 Å². The lowest BCUT2D eigenvalue weighted by Gasteiger charge is -2.11. The molecule has 1 aliphatic rings. The Bertz CT molecular complexity index is 1180. The third-order valence-corrected chi connectivity index (χ3v) is 6.41. The van der Waals surface area contributed by atoms with Crippen LogP contribution in [-0.4, -0.2) is 21.6 Å². The number of nitrogens with zero attached hydrogens (tertiary/aromatic N) is 2. The monoisotopic (exact) mass is 410 g/mol. The number of hydrogen-bond donors (Lipinski definition) is 2. The van der Waals surface area contributed by atoms with Crippen LogP contribution in [-0.2, 0) is 19.4 Å². The molecule has 0 fully saturated rings. The van der Waals surface area contributed by atoms with E-state index in [-0.39, 0.29) is 11.3 Å². The molecule has 8 heteroatoms. The van der Waals surface area contributed by atoms with Crippen LogP contribution in [0.3, 0.4) is 0 Å². The fraction of sp³-hybridized carbons (Fsp3) is 0.333. The largest absolute Gasteiger partial charge is 0.365 e. The number of nitrogens with two attached hydrogens (primary N) is 1. The van der Waals surface area contributed by atoms with Crippen molar-refractivity contribution < 1.29 is 9.59 Å². The van der Waals surface area contributed by atoms with Crippen molar-refractivity contribution >= 4 is 38.9 Å². The van der Waals surface area contributed by atoms with Gasteiger partial charge in [0.25, 0.3) is 17.4 Å². The van der Waals surface area contributed by atoms with Crippen LogP contribution in [0.25, 0.3) is 10.8 Å². The zero-order chi connectivity index (χ0) is 20.5. The first-order valence-corrected chi connectivity index (χ1v) is 10.6. The van der Waals surface area contributed by atoms with E-state index in [0.717, 1.165) is 42.5 Å². The molecule has 3 N–H and O–H groups in total. The third-order valence-electron chi connectivity index (χ3n) is 5.20. The Morgan fingerprint density at radius 3 is 2.72 bits per heavy atom. The molecule has 2 heterocycles. The first-order chi connectivity index (χ1) is 14.0. The number of primary amides is 1. The van der Waals surface area contributed by atoms with Crippen LogP contribution in [0.5, 0.6) is 0 Å². The normalized spacial score (nSPS) is 12.9. The second-order valence-electron chi connectivity index (χ2n) is 7.16. The summed E-state index contributed by atoms with van der Waals surface area (Å²) in [6, 6.07) is 6.95. The van der Waals surface area contributed by atoms with Crippen molar-refractivity contribution in [3.05, 3.63) is 56.3 Å². The molecule has 0 saturated carbocycles. The number of amides is 2. The number of hydrogen-bond acceptors (Lipinski definition) is 5. The number of fused-ring (bicyclic) bond motifs is 2. The fourth-order valence-corrected chi connectivity index (χ4v) is 5.07. The number of carbonyl (C=O) groups is 2. The number of aromatic nitrogens is 2. The minimum Gasteiger partial charge on any atom is -0.365 e. The second-order valence-corrected chi connectivity index (χ2v) is 8.26. The van der Waals surface area contributed by atoms with Crippen molar-refractivity contribution in [2.24, 2.45) is 5.73 Å². The van der Waals surface area contributed by atoms with Gasteiger partial charge in [0.05, 0.1) is 10.9 Å². The SMILES string of the molecule is CCCCn1nc(C(=O)Nc2sc3c(c2C(N)=O)CCC3)c2ccccc2c1=O. The Morgan fingerprint density at radius 2 is 2.00 bits per heavy atom. The van der Waals surface area contributed by atoms with Gasteiger partial charge in [-0.3, -0.25) is 14.4 Å². The lowest BCUT2D eigenvalue weighted by atomic mass is 10.1. The summed E-state index contributed by atoms with van der Waals surface area (Å²) >= 11 is 1.40. The van der Waals surface area contributed by atoms with Crippen LogP contribution >= 0.6 is 11.3 Å². The molecule has 0 unspecified atom stereocenters. The number of benzene rings is 1. The molecule has 29 heavy (non-hydrogen) atoms. The molecule has 4 rings (SSSR count). The molecular weight excluding hydrogens is 388 g/mol. The Labute approximate surface area is 171 Å². The van der Waals surface area contributed by atoms with Crippen molar-refractivity contribution in [2.45, 2.75) is 45.6 Å². The van der Waals surface area contributed by atoms with Crippen molar-refractivity contribution in [2.75, 3.05) is 5.32 Å². The van der Waals surface area contributed by atoms with Crippen LogP contribution in [0.4, 0.5) is 5.00 Å². The number of aryl methyl sites for hydroxylation is 2.